The Morgan fingerprint density at radius 1 is 1.57 bits per heavy atom. The zero-order valence-electron chi connectivity index (χ0n) is 7.83. The highest BCUT2D eigenvalue weighted by molar-refractivity contribution is 5.94. The molecule has 0 fully saturated rings. The second kappa shape index (κ2) is 3.34. The van der Waals surface area contributed by atoms with Crippen LogP contribution in [-0.4, -0.2) is 16.1 Å². The Kier molecular flexibility index (Phi) is 2.38. The second-order valence-electron chi connectivity index (χ2n) is 2.87. The van der Waals surface area contributed by atoms with Gasteiger partial charge in [0, 0.05) is 5.69 Å². The van der Waals surface area contributed by atoms with Gasteiger partial charge in [-0.1, -0.05) is 0 Å². The van der Waals surface area contributed by atoms with Crippen LogP contribution in [0.3, 0.4) is 0 Å². The minimum atomic E-state index is -1.16. The van der Waals surface area contributed by atoms with Crippen LogP contribution in [0, 0.1) is 25.2 Å². The lowest BCUT2D eigenvalue weighted by Gasteiger charge is -2.07. The van der Waals surface area contributed by atoms with E-state index < -0.39 is 5.97 Å². The molecule has 0 aromatic carbocycles. The van der Waals surface area contributed by atoms with Gasteiger partial charge in [0.15, 0.2) is 0 Å². The van der Waals surface area contributed by atoms with Crippen molar-refractivity contribution < 1.29 is 9.90 Å². The third-order valence-electron chi connectivity index (χ3n) is 2.04. The summed E-state index contributed by atoms with van der Waals surface area (Å²) < 4.78 is 0. The van der Waals surface area contributed by atoms with Crippen molar-refractivity contribution in [1.29, 1.82) is 5.26 Å². The Bertz CT molecular complexity index is 446. The second-order valence-corrected chi connectivity index (χ2v) is 2.87. The number of aryl methyl sites for hydroxylation is 1. The van der Waals surface area contributed by atoms with Gasteiger partial charge in [-0.3, -0.25) is 0 Å². The van der Waals surface area contributed by atoms with E-state index in [1.54, 1.807) is 19.9 Å². The molecule has 0 saturated carbocycles. The Balaban J connectivity index is 3.67. The summed E-state index contributed by atoms with van der Waals surface area (Å²) in [6.07, 6.45) is 0. The Hall–Kier alpha value is -2.09. The fourth-order valence-electron chi connectivity index (χ4n) is 1.20. The number of nitriles is 1. The highest BCUT2D eigenvalue weighted by Gasteiger charge is 2.18. The number of aromatic nitrogens is 1. The zero-order chi connectivity index (χ0) is 10.9. The van der Waals surface area contributed by atoms with Crippen LogP contribution in [0.25, 0.3) is 0 Å². The van der Waals surface area contributed by atoms with Crippen LogP contribution in [0.1, 0.15) is 27.2 Å². The van der Waals surface area contributed by atoms with E-state index in [9.17, 15) is 4.79 Å². The lowest BCUT2D eigenvalue weighted by atomic mass is 10.0. The van der Waals surface area contributed by atoms with Gasteiger partial charge in [-0.2, -0.15) is 5.26 Å². The summed E-state index contributed by atoms with van der Waals surface area (Å²) in [5, 5.41) is 17.6. The number of anilines is 1. The average molecular weight is 191 g/mol. The smallest absolute Gasteiger partial charge is 0.337 e. The van der Waals surface area contributed by atoms with Crippen LogP contribution in [-0.2, 0) is 0 Å². The van der Waals surface area contributed by atoms with Crippen molar-refractivity contribution in [3.63, 3.8) is 0 Å². The molecule has 1 rings (SSSR count). The molecular formula is C9H9N3O2. The van der Waals surface area contributed by atoms with Crippen LogP contribution in [0.4, 0.5) is 5.82 Å². The summed E-state index contributed by atoms with van der Waals surface area (Å²) in [4.78, 5) is 14.8. The molecule has 0 amide bonds. The van der Waals surface area contributed by atoms with Crippen molar-refractivity contribution in [3.8, 4) is 6.07 Å². The molecule has 1 aromatic rings. The molecule has 1 heterocycles. The first-order valence-corrected chi connectivity index (χ1v) is 3.89. The van der Waals surface area contributed by atoms with Gasteiger partial charge in [-0.05, 0) is 19.4 Å². The van der Waals surface area contributed by atoms with E-state index in [2.05, 4.69) is 4.98 Å². The lowest BCUT2D eigenvalue weighted by molar-refractivity contribution is 0.0695. The van der Waals surface area contributed by atoms with Gasteiger partial charge in [-0.25, -0.2) is 9.78 Å². The van der Waals surface area contributed by atoms with Gasteiger partial charge >= 0.3 is 5.97 Å². The fourth-order valence-corrected chi connectivity index (χ4v) is 1.20. The van der Waals surface area contributed by atoms with Gasteiger partial charge in [0.1, 0.15) is 17.5 Å². The maximum atomic E-state index is 10.9. The maximum Gasteiger partial charge on any atom is 0.337 e. The number of carboxylic acid groups (broad SMARTS) is 1. The number of hydrogen-bond donors (Lipinski definition) is 2. The van der Waals surface area contributed by atoms with Crippen molar-refractivity contribution in [2.45, 2.75) is 13.8 Å². The lowest BCUT2D eigenvalue weighted by Crippen LogP contribution is -2.10. The number of pyridine rings is 1. The van der Waals surface area contributed by atoms with Crippen molar-refractivity contribution >= 4 is 11.8 Å². The first-order valence-electron chi connectivity index (χ1n) is 3.89. The number of nitrogens with zero attached hydrogens (tertiary/aromatic N) is 2. The first-order chi connectivity index (χ1) is 6.49. The standard InChI is InChI=1S/C9H9N3O2/c1-4-5(2)12-8(11)6(3-10)7(4)9(13)14/h1-2H3,(H2,11,12)(H,13,14). The van der Waals surface area contributed by atoms with Crippen LogP contribution in [0.5, 0.6) is 0 Å². The van der Waals surface area contributed by atoms with Crippen molar-refractivity contribution in [1.82, 2.24) is 4.98 Å². The summed E-state index contributed by atoms with van der Waals surface area (Å²) in [6.45, 7) is 3.26. The minimum absolute atomic E-state index is 0.0343. The fraction of sp³-hybridized carbons (Fsp3) is 0.222. The molecule has 14 heavy (non-hydrogen) atoms. The third-order valence-corrected chi connectivity index (χ3v) is 2.04. The van der Waals surface area contributed by atoms with Crippen LogP contribution in [0.2, 0.25) is 0 Å². The predicted octanol–water partition coefficient (Wildman–Crippen LogP) is 0.851. The van der Waals surface area contributed by atoms with E-state index in [1.807, 2.05) is 0 Å². The molecule has 5 nitrogen and oxygen atoms in total. The number of hydrogen-bond acceptors (Lipinski definition) is 4. The molecule has 5 heteroatoms. The summed E-state index contributed by atoms with van der Waals surface area (Å²) in [6, 6.07) is 1.74. The molecule has 0 aliphatic carbocycles. The quantitative estimate of drug-likeness (QED) is 0.685. The monoisotopic (exact) mass is 191 g/mol. The number of rotatable bonds is 1. The molecule has 0 radical (unpaired) electrons. The summed E-state index contributed by atoms with van der Waals surface area (Å²) in [7, 11) is 0. The molecule has 72 valence electrons. The van der Waals surface area contributed by atoms with E-state index in [0.29, 0.717) is 11.3 Å². The molecule has 0 bridgehead atoms. The molecule has 0 saturated heterocycles. The Morgan fingerprint density at radius 3 is 2.57 bits per heavy atom. The van der Waals surface area contributed by atoms with Gasteiger partial charge in [0.05, 0.1) is 5.56 Å². The van der Waals surface area contributed by atoms with Gasteiger partial charge < -0.3 is 10.8 Å². The minimum Gasteiger partial charge on any atom is -0.478 e. The van der Waals surface area contributed by atoms with Crippen molar-refractivity contribution in [2.75, 3.05) is 5.73 Å². The summed E-state index contributed by atoms with van der Waals surface area (Å²) in [5.74, 6) is -1.19. The number of nitrogen functional groups attached to an aromatic ring is 1. The van der Waals surface area contributed by atoms with Crippen LogP contribution in [0.15, 0.2) is 0 Å². The zero-order valence-corrected chi connectivity index (χ0v) is 7.83. The highest BCUT2D eigenvalue weighted by atomic mass is 16.4. The molecule has 0 spiro atoms. The van der Waals surface area contributed by atoms with E-state index >= 15 is 0 Å². The van der Waals surface area contributed by atoms with E-state index in [-0.39, 0.29) is 16.9 Å². The largest absolute Gasteiger partial charge is 0.478 e. The van der Waals surface area contributed by atoms with Crippen LogP contribution < -0.4 is 5.73 Å². The number of carboxylic acids is 1. The Morgan fingerprint density at radius 2 is 2.14 bits per heavy atom. The van der Waals surface area contributed by atoms with E-state index in [0.717, 1.165) is 0 Å². The van der Waals surface area contributed by atoms with Gasteiger partial charge in [-0.15, -0.1) is 0 Å². The number of nitrogens with two attached hydrogens (primary N) is 1. The molecule has 3 N–H and O–H groups in total. The van der Waals surface area contributed by atoms with E-state index in [1.165, 1.54) is 0 Å². The van der Waals surface area contributed by atoms with Crippen molar-refractivity contribution in [3.05, 3.63) is 22.4 Å². The highest BCUT2D eigenvalue weighted by Crippen LogP contribution is 2.20. The SMILES string of the molecule is Cc1nc(N)c(C#N)c(C(=O)O)c1C. The maximum absolute atomic E-state index is 10.9. The van der Waals surface area contributed by atoms with Crippen LogP contribution >= 0.6 is 0 Å². The number of aromatic carboxylic acids is 1. The van der Waals surface area contributed by atoms with Gasteiger partial charge in [0.25, 0.3) is 0 Å². The number of carbonyl (C=O) groups is 1. The summed E-state index contributed by atoms with van der Waals surface area (Å²) in [5.41, 5.74) is 6.32. The molecule has 0 aliphatic heterocycles. The molecule has 1 aromatic heterocycles. The van der Waals surface area contributed by atoms with Crippen molar-refractivity contribution in [2.24, 2.45) is 0 Å². The molecule has 0 unspecified atom stereocenters. The predicted molar refractivity (Wildman–Crippen MR) is 49.8 cm³/mol. The topological polar surface area (TPSA) is 100 Å². The van der Waals surface area contributed by atoms with Gasteiger partial charge in [0.2, 0.25) is 0 Å². The van der Waals surface area contributed by atoms with E-state index in [4.69, 9.17) is 16.1 Å². The third kappa shape index (κ3) is 1.38. The average Bonchev–Trinajstić information content (AvgIpc) is 2.10. The molecule has 0 atom stereocenters. The Labute approximate surface area is 80.8 Å². The summed E-state index contributed by atoms with van der Waals surface area (Å²) >= 11 is 0. The normalized spacial score (nSPS) is 9.50. The molecular weight excluding hydrogens is 182 g/mol. The first kappa shape index (κ1) is 9.99. The molecule has 0 aliphatic rings.